The first-order chi connectivity index (χ1) is 12.3. The zero-order valence-electron chi connectivity index (χ0n) is 14.6. The van der Waals surface area contributed by atoms with Crippen LogP contribution >= 0.6 is 0 Å². The van der Waals surface area contributed by atoms with Gasteiger partial charge in [0.05, 0.1) is 5.69 Å². The van der Waals surface area contributed by atoms with Crippen LogP contribution in [0, 0.1) is 11.3 Å². The first-order valence-corrected chi connectivity index (χ1v) is 8.99. The molecule has 0 saturated heterocycles. The van der Waals surface area contributed by atoms with Gasteiger partial charge >= 0.3 is 15.6 Å². The van der Waals surface area contributed by atoms with Crippen molar-refractivity contribution in [1.82, 2.24) is 4.98 Å². The van der Waals surface area contributed by atoms with Crippen molar-refractivity contribution >= 4 is 15.8 Å². The Morgan fingerprint density at radius 3 is 2.15 bits per heavy atom. The molecule has 0 fully saturated rings. The number of rotatable bonds is 3. The van der Waals surface area contributed by atoms with E-state index in [0.717, 1.165) is 0 Å². The van der Waals surface area contributed by atoms with E-state index >= 15 is 0 Å². The maximum Gasteiger partial charge on any atom is 0.534 e. The molecule has 0 atom stereocenters. The number of aromatic nitrogens is 1. The Hall–Kier alpha value is -2.80. The Morgan fingerprint density at radius 1 is 1.15 bits per heavy atom. The molecule has 0 unspecified atom stereocenters. The molecule has 1 heterocycles. The van der Waals surface area contributed by atoms with Crippen LogP contribution in [-0.4, -0.2) is 18.9 Å². The molecule has 1 aromatic heterocycles. The van der Waals surface area contributed by atoms with Crippen LogP contribution in [0.25, 0.3) is 11.1 Å². The monoisotopic (exact) mass is 399 g/mol. The van der Waals surface area contributed by atoms with Crippen molar-refractivity contribution in [2.75, 3.05) is 5.73 Å². The summed E-state index contributed by atoms with van der Waals surface area (Å²) in [4.78, 5) is 3.87. The predicted octanol–water partition coefficient (Wildman–Crippen LogP) is 3.73. The minimum Gasteiger partial charge on any atom is -0.399 e. The maximum absolute atomic E-state index is 12.7. The van der Waals surface area contributed by atoms with Crippen molar-refractivity contribution in [2.24, 2.45) is 0 Å². The predicted molar refractivity (Wildman–Crippen MR) is 93.1 cm³/mol. The molecule has 2 N–H and O–H groups in total. The summed E-state index contributed by atoms with van der Waals surface area (Å²) in [5, 5.41) is 9.44. The third-order valence-corrected chi connectivity index (χ3v) is 4.50. The van der Waals surface area contributed by atoms with Gasteiger partial charge in [-0.3, -0.25) is 0 Å². The van der Waals surface area contributed by atoms with Crippen LogP contribution in [0.4, 0.5) is 18.9 Å². The molecule has 0 aliphatic carbocycles. The zero-order valence-corrected chi connectivity index (χ0v) is 15.4. The van der Waals surface area contributed by atoms with Gasteiger partial charge in [-0.15, -0.1) is 0 Å². The van der Waals surface area contributed by atoms with E-state index in [0.29, 0.717) is 11.3 Å². The first-order valence-electron chi connectivity index (χ1n) is 7.58. The van der Waals surface area contributed by atoms with Crippen molar-refractivity contribution in [1.29, 1.82) is 5.26 Å². The van der Waals surface area contributed by atoms with Gasteiger partial charge in [0.2, 0.25) is 0 Å². The molecule has 0 amide bonds. The Balaban J connectivity index is 2.78. The highest BCUT2D eigenvalue weighted by Gasteiger charge is 2.49. The van der Waals surface area contributed by atoms with Gasteiger partial charge in [-0.25, -0.2) is 4.98 Å². The summed E-state index contributed by atoms with van der Waals surface area (Å²) < 4.78 is 65.2. The second kappa shape index (κ2) is 6.74. The van der Waals surface area contributed by atoms with Crippen molar-refractivity contribution in [3.8, 4) is 23.1 Å². The van der Waals surface area contributed by atoms with Gasteiger partial charge in [-0.05, 0) is 23.8 Å². The normalized spacial score (nSPS) is 12.5. The van der Waals surface area contributed by atoms with Crippen molar-refractivity contribution in [2.45, 2.75) is 31.7 Å². The molecule has 0 radical (unpaired) electrons. The van der Waals surface area contributed by atoms with E-state index in [-0.39, 0.29) is 11.3 Å². The number of hydrogen-bond donors (Lipinski definition) is 1. The summed E-state index contributed by atoms with van der Waals surface area (Å²) in [7, 11) is -5.98. The average Bonchev–Trinajstić information content (AvgIpc) is 2.52. The number of nitrogens with two attached hydrogens (primary N) is 1. The van der Waals surface area contributed by atoms with Gasteiger partial charge < -0.3 is 9.92 Å². The lowest BCUT2D eigenvalue weighted by Gasteiger charge is -2.21. The summed E-state index contributed by atoms with van der Waals surface area (Å²) in [5.74, 6) is -0.922. The quantitative estimate of drug-likeness (QED) is 0.479. The number of nitrogens with zero attached hydrogens (tertiary/aromatic N) is 2. The average molecular weight is 399 g/mol. The molecule has 0 saturated carbocycles. The van der Waals surface area contributed by atoms with E-state index in [4.69, 9.17) is 5.73 Å². The highest BCUT2D eigenvalue weighted by atomic mass is 32.2. The number of anilines is 1. The van der Waals surface area contributed by atoms with Crippen LogP contribution < -0.4 is 9.92 Å². The summed E-state index contributed by atoms with van der Waals surface area (Å²) in [6.45, 7) is 5.20. The van der Waals surface area contributed by atoms with Gasteiger partial charge in [0, 0.05) is 16.7 Å². The van der Waals surface area contributed by atoms with Crippen molar-refractivity contribution < 1.29 is 25.8 Å². The second-order valence-electron chi connectivity index (χ2n) is 6.70. The molecule has 10 heteroatoms. The molecular weight excluding hydrogens is 383 g/mol. The Morgan fingerprint density at radius 2 is 1.70 bits per heavy atom. The number of hydrogen-bond acceptors (Lipinski definition) is 6. The molecule has 2 rings (SSSR count). The molecule has 0 bridgehead atoms. The number of halogens is 3. The maximum atomic E-state index is 12.7. The van der Waals surface area contributed by atoms with Gasteiger partial charge in [0.1, 0.15) is 11.6 Å². The molecule has 0 spiro atoms. The van der Waals surface area contributed by atoms with E-state index in [1.54, 1.807) is 51.1 Å². The molecule has 6 nitrogen and oxygen atoms in total. The largest absolute Gasteiger partial charge is 0.534 e. The molecule has 0 aliphatic rings. The Bertz CT molecular complexity index is 1000. The molecule has 144 valence electrons. The molecule has 0 aliphatic heterocycles. The molecular formula is C17H16F3N3O3S. The van der Waals surface area contributed by atoms with Gasteiger partial charge in [-0.1, -0.05) is 32.9 Å². The lowest BCUT2D eigenvalue weighted by Crippen LogP contribution is -2.29. The third-order valence-electron chi connectivity index (χ3n) is 3.56. The first kappa shape index (κ1) is 20.5. The SMILES string of the molecule is CC(C)(C)c1cc(-c2ccc(N)cc2)c(C#N)c(OS(=O)(=O)C(F)(F)F)n1. The number of pyridine rings is 1. The zero-order chi connectivity index (χ0) is 20.6. The molecule has 1 aromatic carbocycles. The minimum atomic E-state index is -5.98. The van der Waals surface area contributed by atoms with E-state index < -0.39 is 32.5 Å². The van der Waals surface area contributed by atoms with Gasteiger partial charge in [0.25, 0.3) is 5.88 Å². The molecule has 2 aromatic rings. The van der Waals surface area contributed by atoms with Crippen LogP contribution in [0.5, 0.6) is 5.88 Å². The van der Waals surface area contributed by atoms with Crippen LogP contribution in [0.2, 0.25) is 0 Å². The van der Waals surface area contributed by atoms with E-state index in [1.807, 2.05) is 0 Å². The van der Waals surface area contributed by atoms with Crippen molar-refractivity contribution in [3.63, 3.8) is 0 Å². The Kier molecular flexibility index (Phi) is 5.12. The van der Waals surface area contributed by atoms with Gasteiger partial charge in [-0.2, -0.15) is 26.9 Å². The number of nitrogen functional groups attached to an aromatic ring is 1. The van der Waals surface area contributed by atoms with Crippen LogP contribution in [0.3, 0.4) is 0 Å². The lowest BCUT2D eigenvalue weighted by molar-refractivity contribution is -0.0501. The fourth-order valence-corrected chi connectivity index (χ4v) is 2.54. The van der Waals surface area contributed by atoms with Crippen LogP contribution in [-0.2, 0) is 15.5 Å². The van der Waals surface area contributed by atoms with E-state index in [2.05, 4.69) is 9.17 Å². The summed E-state index contributed by atoms with van der Waals surface area (Å²) in [6, 6.07) is 9.39. The lowest BCUT2D eigenvalue weighted by atomic mass is 9.88. The van der Waals surface area contributed by atoms with E-state index in [1.165, 1.54) is 6.07 Å². The highest BCUT2D eigenvalue weighted by molar-refractivity contribution is 7.87. The Labute approximate surface area is 154 Å². The second-order valence-corrected chi connectivity index (χ2v) is 8.24. The third kappa shape index (κ3) is 4.31. The standard InChI is InChI=1S/C17H16F3N3O3S/c1-16(2,3)14-8-12(10-4-6-11(22)7-5-10)13(9-21)15(23-14)26-27(24,25)17(18,19)20/h4-8H,22H2,1-3H3. The topological polar surface area (TPSA) is 106 Å². The van der Waals surface area contributed by atoms with Crippen LogP contribution in [0.1, 0.15) is 32.0 Å². The fourth-order valence-electron chi connectivity index (χ4n) is 2.12. The summed E-state index contributed by atoms with van der Waals surface area (Å²) >= 11 is 0. The smallest absolute Gasteiger partial charge is 0.399 e. The fraction of sp³-hybridized carbons (Fsp3) is 0.294. The van der Waals surface area contributed by atoms with Crippen molar-refractivity contribution in [3.05, 3.63) is 41.6 Å². The van der Waals surface area contributed by atoms with Gasteiger partial charge in [0.15, 0.2) is 0 Å². The minimum absolute atomic E-state index is 0.185. The number of nitriles is 1. The number of benzene rings is 1. The summed E-state index contributed by atoms with van der Waals surface area (Å²) in [5.41, 5.74) is 0.217. The van der Waals surface area contributed by atoms with E-state index in [9.17, 15) is 26.9 Å². The highest BCUT2D eigenvalue weighted by Crippen LogP contribution is 2.36. The number of alkyl halides is 3. The molecule has 27 heavy (non-hydrogen) atoms. The summed E-state index contributed by atoms with van der Waals surface area (Å²) in [6.07, 6.45) is 0. The van der Waals surface area contributed by atoms with Crippen LogP contribution in [0.15, 0.2) is 30.3 Å².